The second kappa shape index (κ2) is 40.9. The van der Waals surface area contributed by atoms with Crippen molar-refractivity contribution in [2.24, 2.45) is 5.90 Å². The van der Waals surface area contributed by atoms with Gasteiger partial charge in [-0.25, -0.2) is 32.3 Å². The lowest BCUT2D eigenvalue weighted by Crippen LogP contribution is -3.00. The van der Waals surface area contributed by atoms with Crippen LogP contribution in [-0.2, 0) is 24.5 Å². The molecule has 0 atom stereocenters. The number of thioether (sulfide) groups is 3. The van der Waals surface area contributed by atoms with Gasteiger partial charge in [-0.3, -0.25) is 50.0 Å². The van der Waals surface area contributed by atoms with Crippen LogP contribution in [0.5, 0.6) is 11.8 Å². The number of nitro groups is 4. The topological polar surface area (TPSA) is 453 Å². The standard InChI is InChI=1S/C12H15N3O3.C12H17N3O.C10H11N3O4S.C10H11N3O2S.C7H11N2.C7H9N.C4H7NO2S2.ClH.HI.H3NO4S/c1-7(2)18-12-11(15(16)17)10-6-5-8(3)9(4)14(10)13-12;1-7(2)16-12-11(13)10-6-5-8(3)9(4)15(10)14-12;1-6-4-5-8-9(13(14)15)10(18(3,16)17)11-12(8)7(6)2;1-6-4-5-8-9(13(14)15)10(16-3)11-12(8)7(6)2;1-6-4-3-5-9(8)7(6)2;1-6-4-3-5-8-7(6)2;1-8-4(9-2)3-5(6)7;;;1-5-6(2,3)4/h5-7H,1-4H3;5-7H,13H2,1-4H3;4-5H,1-3H3;4-5H,1-3H3;3-5H,8H2,1-2H3;3-5H,1-2H3;3H,1-2H3;2*1H;1H2,(H,2,3,4)/q;;;;+1;;;;;/p-1. The number of aryl methyl sites for hydroxylation is 11. The Hall–Kier alpha value is -8.55. The molecule has 10 aromatic rings. The lowest BCUT2D eigenvalue weighted by Gasteiger charge is -2.05. The fraction of sp³-hybridized carbons (Fsp3) is 0.355. The minimum absolute atomic E-state index is 0. The molecule has 10 rings (SSSR count). The number of pyridine rings is 6. The lowest BCUT2D eigenvalue weighted by atomic mass is 10.2. The van der Waals surface area contributed by atoms with Gasteiger partial charge < -0.3 is 39.2 Å². The molecule has 0 saturated carbocycles. The van der Waals surface area contributed by atoms with E-state index in [2.05, 4.69) is 55.5 Å². The average Bonchev–Trinajstić information content (AvgIpc) is 1.63. The highest BCUT2D eigenvalue weighted by molar-refractivity contribution is 8.21. The van der Waals surface area contributed by atoms with E-state index in [1.54, 1.807) is 45.1 Å². The first kappa shape index (κ1) is 91.5. The van der Waals surface area contributed by atoms with Gasteiger partial charge in [-0.15, -0.1) is 63.0 Å². The highest BCUT2D eigenvalue weighted by Crippen LogP contribution is 2.35. The number of rotatable bonds is 13. The molecular weight excluding hydrogens is 1560 g/mol. The zero-order chi connectivity index (χ0) is 76.2. The van der Waals surface area contributed by atoms with Gasteiger partial charge in [-0.05, 0) is 187 Å². The fourth-order valence-corrected chi connectivity index (χ4v) is 10.6. The summed E-state index contributed by atoms with van der Waals surface area (Å²) in [6.45, 7) is 30.9. The van der Waals surface area contributed by atoms with Gasteiger partial charge in [0.15, 0.2) is 11.2 Å². The second-order valence-corrected chi connectivity index (χ2v) is 27.8. The molecule has 40 heteroatoms. The number of nitrogens with two attached hydrogens (primary N) is 3. The van der Waals surface area contributed by atoms with E-state index in [1.165, 1.54) is 62.6 Å². The van der Waals surface area contributed by atoms with Crippen molar-refractivity contribution in [3.63, 3.8) is 0 Å². The van der Waals surface area contributed by atoms with Gasteiger partial charge >= 0.3 is 33.3 Å². The molecule has 0 unspecified atom stereocenters. The Morgan fingerprint density at radius 1 is 0.578 bits per heavy atom. The Kier molecular flexibility index (Phi) is 36.7. The van der Waals surface area contributed by atoms with E-state index in [0.29, 0.717) is 33.3 Å². The molecular formula is C62H85ClIN17O16S5. The van der Waals surface area contributed by atoms with E-state index in [0.717, 1.165) is 67.4 Å². The summed E-state index contributed by atoms with van der Waals surface area (Å²) in [7, 11) is -8.13. The van der Waals surface area contributed by atoms with Gasteiger partial charge in [0.2, 0.25) is 15.5 Å². The number of ether oxygens (including phenoxy) is 2. The molecule has 33 nitrogen and oxygen atoms in total. The first-order chi connectivity index (χ1) is 46.5. The summed E-state index contributed by atoms with van der Waals surface area (Å²) in [5, 5.41) is 59.6. The minimum Gasteiger partial charge on any atom is -1.00 e. The van der Waals surface area contributed by atoms with E-state index in [4.69, 9.17) is 25.6 Å². The summed E-state index contributed by atoms with van der Waals surface area (Å²) in [5.41, 5.74) is 20.7. The highest BCUT2D eigenvalue weighted by atomic mass is 127. The van der Waals surface area contributed by atoms with E-state index in [1.807, 2.05) is 162 Å². The quantitative estimate of drug-likeness (QED) is 0.0159. The maximum atomic E-state index is 11.5. The van der Waals surface area contributed by atoms with Crippen molar-refractivity contribution < 1.29 is 83.5 Å². The van der Waals surface area contributed by atoms with Crippen LogP contribution in [-0.4, -0.2) is 122 Å². The van der Waals surface area contributed by atoms with Crippen LogP contribution >= 0.6 is 47.7 Å². The van der Waals surface area contributed by atoms with Crippen molar-refractivity contribution >= 4 is 113 Å². The smallest absolute Gasteiger partial charge is 0.413 e. The van der Waals surface area contributed by atoms with E-state index in [9.17, 15) is 57.3 Å². The molecule has 0 saturated heterocycles. The molecule has 0 spiro atoms. The van der Waals surface area contributed by atoms with E-state index in [-0.39, 0.29) is 76.3 Å². The van der Waals surface area contributed by atoms with Crippen LogP contribution in [0.15, 0.2) is 106 Å². The first-order valence-electron chi connectivity index (χ1n) is 29.6. The van der Waals surface area contributed by atoms with Crippen LogP contribution in [0, 0.1) is 124 Å². The zero-order valence-corrected chi connectivity index (χ0v) is 66.8. The number of hydrogen-bond donors (Lipinski definition) is 4. The molecule has 0 aliphatic heterocycles. The van der Waals surface area contributed by atoms with E-state index < -0.39 is 45.7 Å². The van der Waals surface area contributed by atoms with Crippen molar-refractivity contribution in [1.82, 2.24) is 43.4 Å². The zero-order valence-electron chi connectivity index (χ0n) is 59.7. The van der Waals surface area contributed by atoms with Crippen molar-refractivity contribution in [3.05, 3.63) is 204 Å². The van der Waals surface area contributed by atoms with Crippen LogP contribution < -0.4 is 55.6 Å². The molecule has 102 heavy (non-hydrogen) atoms. The summed E-state index contributed by atoms with van der Waals surface area (Å²) in [6, 6.07) is 22.4. The predicted molar refractivity (Wildman–Crippen MR) is 396 cm³/mol. The van der Waals surface area contributed by atoms with Gasteiger partial charge in [0.05, 0.1) is 37.4 Å². The molecule has 10 heterocycles. The van der Waals surface area contributed by atoms with Gasteiger partial charge in [0, 0.05) is 59.5 Å². The summed E-state index contributed by atoms with van der Waals surface area (Å²) < 4.78 is 71.6. The average molecular weight is 1650 g/mol. The van der Waals surface area contributed by atoms with Gasteiger partial charge in [-0.1, -0.05) is 35.0 Å². The molecule has 7 N–H and O–H groups in total. The van der Waals surface area contributed by atoms with Gasteiger partial charge in [0.25, 0.3) is 17.1 Å². The number of nitrogen functional groups attached to an aromatic ring is 2. The molecule has 0 fully saturated rings. The Balaban J connectivity index is 0.000000596. The van der Waals surface area contributed by atoms with Crippen LogP contribution in [0.4, 0.5) is 22.7 Å². The monoisotopic (exact) mass is 1650 g/mol. The van der Waals surface area contributed by atoms with Crippen LogP contribution in [0.3, 0.4) is 0 Å². The largest absolute Gasteiger partial charge is 1.00 e. The summed E-state index contributed by atoms with van der Waals surface area (Å²) in [5.74, 6) is 10.1. The summed E-state index contributed by atoms with van der Waals surface area (Å²) in [6.07, 6.45) is 10.9. The maximum Gasteiger partial charge on any atom is 0.413 e. The maximum absolute atomic E-state index is 11.5. The predicted octanol–water partition coefficient (Wildman–Crippen LogP) is 8.71. The normalized spacial score (nSPS) is 10.6. The molecule has 558 valence electrons. The number of halogens is 2. The van der Waals surface area contributed by atoms with Crippen LogP contribution in [0.25, 0.3) is 22.1 Å². The van der Waals surface area contributed by atoms with Crippen molar-refractivity contribution in [1.29, 1.82) is 0 Å². The Morgan fingerprint density at radius 3 is 1.30 bits per heavy atom. The van der Waals surface area contributed by atoms with Gasteiger partial charge in [0.1, 0.15) is 26.5 Å². The molecule has 0 radical (unpaired) electrons. The van der Waals surface area contributed by atoms with Crippen molar-refractivity contribution in [2.45, 2.75) is 133 Å². The second-order valence-electron chi connectivity index (χ2n) is 22.1. The molecule has 10 aromatic heterocycles. The summed E-state index contributed by atoms with van der Waals surface area (Å²) >= 11 is 4.05. The molecule has 0 aliphatic carbocycles. The van der Waals surface area contributed by atoms with Crippen LogP contribution in [0.1, 0.15) is 95.2 Å². The Morgan fingerprint density at radius 2 is 0.961 bits per heavy atom. The number of hydrogen-bond acceptors (Lipinski definition) is 26. The van der Waals surface area contributed by atoms with E-state index >= 15 is 0 Å². The Labute approximate surface area is 626 Å². The van der Waals surface area contributed by atoms with Crippen molar-refractivity contribution in [3.8, 4) is 11.8 Å². The molecule has 0 aliphatic rings. The number of nitrogens with zero attached hydrogens (tertiary/aromatic N) is 14. The number of fused-ring (bicyclic) bond motifs is 4. The Bertz CT molecular complexity index is 4810. The third-order valence-corrected chi connectivity index (χ3v) is 18.3. The van der Waals surface area contributed by atoms with Crippen molar-refractivity contribution in [2.75, 3.05) is 36.6 Å². The van der Waals surface area contributed by atoms with Gasteiger partial charge in [-0.2, -0.15) is 23.7 Å². The fourth-order valence-electron chi connectivity index (χ4n) is 8.30. The number of aromatic nitrogens is 10. The SMILES string of the molecule is CSC(=C[N+](=O)[O-])SC.CSc1nn2c(C)c(C)ccc2c1[N+](=O)[O-].Cc1ccc2c(N)c(OC(C)C)nn2c1C.Cc1ccc2c([N+](=O)[O-])c(OC(C)C)nn2c1C.Cc1ccc2c([N+](=O)[O-])c(S(C)(=O)=O)nn2c1C.Cc1ccc[n+](N)c1C.Cc1cccnc1C.Cl.NOS(=O)(=O)O.[I-]. The number of sulfone groups is 1. The third-order valence-electron chi connectivity index (χ3n) is 14.4. The number of anilines is 1. The highest BCUT2D eigenvalue weighted by Gasteiger charge is 2.31. The minimum atomic E-state index is -4.38. The first-order valence-corrected chi connectivity index (χ1v) is 36.5. The van der Waals surface area contributed by atoms with Crippen LogP contribution in [0.2, 0.25) is 0 Å². The molecule has 0 amide bonds. The molecule has 0 aromatic carbocycles. The lowest BCUT2D eigenvalue weighted by molar-refractivity contribution is -0.645. The summed E-state index contributed by atoms with van der Waals surface area (Å²) in [4.78, 5) is 45.1. The molecule has 0 bridgehead atoms. The third kappa shape index (κ3) is 25.5.